The Morgan fingerprint density at radius 3 is 2.54 bits per heavy atom. The first-order valence-corrected chi connectivity index (χ1v) is 7.92. The van der Waals surface area contributed by atoms with Gasteiger partial charge in [0.25, 0.3) is 0 Å². The number of halogens is 3. The van der Waals surface area contributed by atoms with Crippen molar-refractivity contribution in [2.75, 3.05) is 6.54 Å². The van der Waals surface area contributed by atoms with Crippen LogP contribution < -0.4 is 5.32 Å². The quantitative estimate of drug-likeness (QED) is 0.830. The van der Waals surface area contributed by atoms with Gasteiger partial charge in [0.1, 0.15) is 11.6 Å². The molecular weight excluding hydrogens is 343 g/mol. The van der Waals surface area contributed by atoms with Gasteiger partial charge in [0.15, 0.2) is 5.82 Å². The van der Waals surface area contributed by atoms with Gasteiger partial charge in [-0.05, 0) is 39.0 Å². The molecule has 2 heterocycles. The summed E-state index contributed by atoms with van der Waals surface area (Å²) >= 11 is 1.03. The van der Waals surface area contributed by atoms with Crippen LogP contribution in [-0.2, 0) is 4.79 Å². The number of alkyl halides is 3. The first kappa shape index (κ1) is 18.2. The SMILES string of the molecule is Cc1cc(C)n(-c2ccc(SC(C)C(=O)NCC(F)(F)F)nn2)n1. The van der Waals surface area contributed by atoms with Gasteiger partial charge in [0.05, 0.1) is 10.9 Å². The minimum atomic E-state index is -4.43. The second-order valence-corrected chi connectivity index (χ2v) is 6.52. The van der Waals surface area contributed by atoms with Gasteiger partial charge in [-0.2, -0.15) is 18.3 Å². The van der Waals surface area contributed by atoms with E-state index in [0.717, 1.165) is 23.1 Å². The number of rotatable bonds is 5. The summed E-state index contributed by atoms with van der Waals surface area (Å²) in [5, 5.41) is 13.9. The molecule has 1 N–H and O–H groups in total. The van der Waals surface area contributed by atoms with Crippen molar-refractivity contribution in [3.8, 4) is 5.82 Å². The lowest BCUT2D eigenvalue weighted by atomic mass is 10.4. The Hall–Kier alpha value is -2.10. The Kier molecular flexibility index (Phi) is 5.47. The number of amides is 1. The number of hydrogen-bond donors (Lipinski definition) is 1. The number of aromatic nitrogens is 4. The molecule has 0 saturated carbocycles. The van der Waals surface area contributed by atoms with Crippen LogP contribution in [0, 0.1) is 13.8 Å². The number of hydrogen-bond acceptors (Lipinski definition) is 5. The van der Waals surface area contributed by atoms with Crippen molar-refractivity contribution in [1.82, 2.24) is 25.3 Å². The normalized spacial score (nSPS) is 12.9. The lowest BCUT2D eigenvalue weighted by Gasteiger charge is -2.12. The molecule has 130 valence electrons. The van der Waals surface area contributed by atoms with E-state index in [9.17, 15) is 18.0 Å². The zero-order valence-electron chi connectivity index (χ0n) is 13.3. The van der Waals surface area contributed by atoms with E-state index >= 15 is 0 Å². The Balaban J connectivity index is 1.98. The van der Waals surface area contributed by atoms with Gasteiger partial charge in [0.2, 0.25) is 5.91 Å². The van der Waals surface area contributed by atoms with Crippen molar-refractivity contribution in [2.24, 2.45) is 0 Å². The molecule has 1 unspecified atom stereocenters. The third-order valence-electron chi connectivity index (χ3n) is 2.98. The van der Waals surface area contributed by atoms with Crippen LogP contribution in [0.4, 0.5) is 13.2 Å². The lowest BCUT2D eigenvalue weighted by Crippen LogP contribution is -2.38. The van der Waals surface area contributed by atoms with E-state index in [4.69, 9.17) is 0 Å². The first-order chi connectivity index (χ1) is 11.2. The summed E-state index contributed by atoms with van der Waals surface area (Å²) in [6.07, 6.45) is -4.43. The highest BCUT2D eigenvalue weighted by atomic mass is 32.2. The van der Waals surface area contributed by atoms with Gasteiger partial charge < -0.3 is 5.32 Å². The van der Waals surface area contributed by atoms with E-state index in [-0.39, 0.29) is 0 Å². The van der Waals surface area contributed by atoms with Crippen LogP contribution >= 0.6 is 11.8 Å². The van der Waals surface area contributed by atoms with E-state index < -0.39 is 23.9 Å². The molecule has 0 spiro atoms. The molecule has 2 rings (SSSR count). The predicted molar refractivity (Wildman–Crippen MR) is 83.0 cm³/mol. The highest BCUT2D eigenvalue weighted by Crippen LogP contribution is 2.22. The molecule has 0 radical (unpaired) electrons. The molecule has 0 aliphatic heterocycles. The molecule has 0 fully saturated rings. The van der Waals surface area contributed by atoms with Crippen LogP contribution in [-0.4, -0.2) is 43.9 Å². The number of aryl methyl sites for hydroxylation is 2. The zero-order chi connectivity index (χ0) is 17.9. The van der Waals surface area contributed by atoms with Crippen molar-refractivity contribution in [1.29, 1.82) is 0 Å². The number of carbonyl (C=O) groups excluding carboxylic acids is 1. The molecule has 10 heteroatoms. The largest absolute Gasteiger partial charge is 0.405 e. The van der Waals surface area contributed by atoms with Crippen LogP contribution in [0.5, 0.6) is 0 Å². The van der Waals surface area contributed by atoms with Crippen LogP contribution in [0.2, 0.25) is 0 Å². The van der Waals surface area contributed by atoms with Crippen LogP contribution in [0.15, 0.2) is 23.2 Å². The Morgan fingerprint density at radius 2 is 2.04 bits per heavy atom. The Bertz CT molecular complexity index is 714. The van der Waals surface area contributed by atoms with Gasteiger partial charge in [-0.3, -0.25) is 4.79 Å². The molecule has 0 aromatic carbocycles. The van der Waals surface area contributed by atoms with Gasteiger partial charge in [0, 0.05) is 5.69 Å². The fourth-order valence-electron chi connectivity index (χ4n) is 1.92. The number of carbonyl (C=O) groups is 1. The molecule has 1 amide bonds. The summed E-state index contributed by atoms with van der Waals surface area (Å²) in [6.45, 7) is 3.91. The maximum atomic E-state index is 12.1. The highest BCUT2D eigenvalue weighted by molar-refractivity contribution is 8.00. The average Bonchev–Trinajstić information content (AvgIpc) is 2.83. The van der Waals surface area contributed by atoms with Crippen LogP contribution in [0.1, 0.15) is 18.3 Å². The van der Waals surface area contributed by atoms with Gasteiger partial charge in [-0.1, -0.05) is 11.8 Å². The maximum absolute atomic E-state index is 12.1. The third kappa shape index (κ3) is 4.95. The van der Waals surface area contributed by atoms with Crippen LogP contribution in [0.3, 0.4) is 0 Å². The van der Waals surface area contributed by atoms with Gasteiger partial charge in [-0.15, -0.1) is 10.2 Å². The Morgan fingerprint density at radius 1 is 1.33 bits per heavy atom. The summed E-state index contributed by atoms with van der Waals surface area (Å²) in [7, 11) is 0. The maximum Gasteiger partial charge on any atom is 0.405 e. The monoisotopic (exact) mass is 359 g/mol. The van der Waals surface area contributed by atoms with Crippen molar-refractivity contribution in [3.63, 3.8) is 0 Å². The molecule has 0 aliphatic rings. The summed E-state index contributed by atoms with van der Waals surface area (Å²) in [5.41, 5.74) is 1.75. The van der Waals surface area contributed by atoms with Gasteiger partial charge >= 0.3 is 6.18 Å². The Labute approximate surface area is 140 Å². The fraction of sp³-hybridized carbons (Fsp3) is 0.429. The topological polar surface area (TPSA) is 72.7 Å². The van der Waals surface area contributed by atoms with E-state index in [2.05, 4.69) is 15.3 Å². The summed E-state index contributed by atoms with van der Waals surface area (Å²) in [5.74, 6) is -0.180. The molecule has 2 aromatic rings. The van der Waals surface area contributed by atoms with E-state index in [1.165, 1.54) is 6.92 Å². The lowest BCUT2D eigenvalue weighted by molar-refractivity contribution is -0.137. The molecule has 0 saturated heterocycles. The minimum Gasteiger partial charge on any atom is -0.346 e. The first-order valence-electron chi connectivity index (χ1n) is 7.04. The number of nitrogens with zero attached hydrogens (tertiary/aromatic N) is 4. The standard InChI is InChI=1S/C14H16F3N5OS/c1-8-6-9(2)22(21-8)11-4-5-12(20-19-11)24-10(3)13(23)18-7-14(15,16)17/h4-6,10H,7H2,1-3H3,(H,18,23). The smallest absolute Gasteiger partial charge is 0.346 e. The molecule has 0 aliphatic carbocycles. The van der Waals surface area contributed by atoms with Crippen molar-refractivity contribution in [2.45, 2.75) is 37.2 Å². The number of nitrogens with one attached hydrogen (secondary N) is 1. The molecule has 6 nitrogen and oxygen atoms in total. The molecule has 2 aromatic heterocycles. The average molecular weight is 359 g/mol. The van der Waals surface area contributed by atoms with Crippen LogP contribution in [0.25, 0.3) is 5.82 Å². The second kappa shape index (κ2) is 7.20. The summed E-state index contributed by atoms with van der Waals surface area (Å²) < 4.78 is 37.9. The van der Waals surface area contributed by atoms with Crippen molar-refractivity contribution in [3.05, 3.63) is 29.6 Å². The summed E-state index contributed by atoms with van der Waals surface area (Å²) in [4.78, 5) is 11.6. The molecule has 0 bridgehead atoms. The van der Waals surface area contributed by atoms with E-state index in [1.54, 1.807) is 16.8 Å². The summed E-state index contributed by atoms with van der Waals surface area (Å²) in [6, 6.07) is 5.24. The third-order valence-corrected chi connectivity index (χ3v) is 4.01. The van der Waals surface area contributed by atoms with Crippen molar-refractivity contribution < 1.29 is 18.0 Å². The minimum absolute atomic E-state index is 0.440. The highest BCUT2D eigenvalue weighted by Gasteiger charge is 2.29. The second-order valence-electron chi connectivity index (χ2n) is 5.16. The fourth-order valence-corrected chi connectivity index (χ4v) is 2.70. The molecule has 1 atom stereocenters. The van der Waals surface area contributed by atoms with Gasteiger partial charge in [-0.25, -0.2) is 4.68 Å². The number of thioether (sulfide) groups is 1. The zero-order valence-corrected chi connectivity index (χ0v) is 14.1. The molecular formula is C14H16F3N5OS. The van der Waals surface area contributed by atoms with E-state index in [0.29, 0.717) is 10.8 Å². The van der Waals surface area contributed by atoms with Crippen molar-refractivity contribution >= 4 is 17.7 Å². The predicted octanol–water partition coefficient (Wildman–Crippen LogP) is 2.44. The van der Waals surface area contributed by atoms with E-state index in [1.807, 2.05) is 25.2 Å². The molecule has 24 heavy (non-hydrogen) atoms.